The van der Waals surface area contributed by atoms with E-state index in [0.717, 1.165) is 12.4 Å². The van der Waals surface area contributed by atoms with Gasteiger partial charge in [0.05, 0.1) is 6.61 Å². The molecule has 1 aromatic rings. The third-order valence-electron chi connectivity index (χ3n) is 0.999. The zero-order chi connectivity index (χ0) is 6.53. The van der Waals surface area contributed by atoms with Gasteiger partial charge in [-0.15, -0.1) is 12.1 Å². The summed E-state index contributed by atoms with van der Waals surface area (Å²) in [7, 11) is 0. The van der Waals surface area contributed by atoms with Crippen molar-refractivity contribution in [2.24, 2.45) is 0 Å². The fourth-order valence-electron chi connectivity index (χ4n) is 0.634. The Morgan fingerprint density at radius 3 is 2.50 bits per heavy atom. The summed E-state index contributed by atoms with van der Waals surface area (Å²) in [5.41, 5.74) is 0. The van der Waals surface area contributed by atoms with Crippen molar-refractivity contribution < 1.29 is 34.3 Å². The van der Waals surface area contributed by atoms with Crippen LogP contribution in [0.25, 0.3) is 0 Å². The molecule has 0 N–H and O–H groups in total. The molecule has 0 aliphatic carbocycles. The van der Waals surface area contributed by atoms with E-state index in [0.29, 0.717) is 0 Å². The number of hydrogen-bond acceptors (Lipinski definition) is 1. The van der Waals surface area contributed by atoms with Gasteiger partial charge >= 0.3 is 29.6 Å². The monoisotopic (exact) mass is 144 g/mol. The minimum Gasteiger partial charge on any atom is -0.519 e. The fourth-order valence-corrected chi connectivity index (χ4v) is 0.634. The van der Waals surface area contributed by atoms with Crippen LogP contribution in [0.15, 0.2) is 24.3 Å². The second kappa shape index (κ2) is 5.78. The van der Waals surface area contributed by atoms with E-state index in [1.54, 1.807) is 0 Å². The van der Waals surface area contributed by atoms with Gasteiger partial charge in [0.25, 0.3) is 0 Å². The maximum Gasteiger partial charge on any atom is 1.00 e. The normalized spacial score (nSPS) is 8.10. The SMILES string of the molecule is CCOc1cc[c-]cc1.[Na+]. The van der Waals surface area contributed by atoms with Gasteiger partial charge in [-0.25, -0.2) is 0 Å². The van der Waals surface area contributed by atoms with E-state index in [-0.39, 0.29) is 29.6 Å². The Morgan fingerprint density at radius 1 is 1.40 bits per heavy atom. The van der Waals surface area contributed by atoms with Gasteiger partial charge in [-0.05, 0) is 6.92 Å². The second-order valence-corrected chi connectivity index (χ2v) is 1.67. The molecule has 0 saturated heterocycles. The van der Waals surface area contributed by atoms with Crippen molar-refractivity contribution >= 4 is 0 Å². The molecule has 1 aromatic carbocycles. The van der Waals surface area contributed by atoms with Crippen LogP contribution >= 0.6 is 0 Å². The van der Waals surface area contributed by atoms with Crippen molar-refractivity contribution in [3.63, 3.8) is 0 Å². The van der Waals surface area contributed by atoms with Crippen LogP contribution in [0.2, 0.25) is 0 Å². The van der Waals surface area contributed by atoms with Crippen LogP contribution in [0, 0.1) is 6.07 Å². The topological polar surface area (TPSA) is 9.23 Å². The van der Waals surface area contributed by atoms with Crippen LogP contribution in [0.3, 0.4) is 0 Å². The van der Waals surface area contributed by atoms with Gasteiger partial charge in [-0.1, -0.05) is 0 Å². The van der Waals surface area contributed by atoms with Crippen LogP contribution in [0.5, 0.6) is 5.75 Å². The third-order valence-corrected chi connectivity index (χ3v) is 0.999. The molecule has 0 aromatic heterocycles. The van der Waals surface area contributed by atoms with Crippen LogP contribution in [-0.2, 0) is 0 Å². The summed E-state index contributed by atoms with van der Waals surface area (Å²) in [5.74, 6) is 0.913. The molecular formula is C8H9NaO. The molecule has 48 valence electrons. The molecule has 0 amide bonds. The molecule has 0 radical (unpaired) electrons. The Morgan fingerprint density at radius 2 is 2.00 bits per heavy atom. The predicted octanol–water partition coefficient (Wildman–Crippen LogP) is -1.11. The molecule has 0 atom stereocenters. The largest absolute Gasteiger partial charge is 1.00 e. The van der Waals surface area contributed by atoms with Crippen molar-refractivity contribution in [3.05, 3.63) is 30.3 Å². The van der Waals surface area contributed by atoms with Gasteiger partial charge in [-0.3, -0.25) is 0 Å². The van der Waals surface area contributed by atoms with Crippen LogP contribution in [-0.4, -0.2) is 6.61 Å². The predicted molar refractivity (Wildman–Crippen MR) is 36.4 cm³/mol. The van der Waals surface area contributed by atoms with E-state index in [9.17, 15) is 0 Å². The number of benzene rings is 1. The van der Waals surface area contributed by atoms with Gasteiger partial charge in [-0.2, -0.15) is 18.2 Å². The summed E-state index contributed by atoms with van der Waals surface area (Å²) in [6.07, 6.45) is 0. The second-order valence-electron chi connectivity index (χ2n) is 1.67. The molecule has 0 aliphatic rings. The van der Waals surface area contributed by atoms with E-state index in [4.69, 9.17) is 4.74 Å². The Labute approximate surface area is 83.7 Å². The molecule has 1 nitrogen and oxygen atoms in total. The van der Waals surface area contributed by atoms with Crippen LogP contribution in [0.4, 0.5) is 0 Å². The molecule has 0 saturated carbocycles. The number of hydrogen-bond donors (Lipinski definition) is 0. The Kier molecular flexibility index (Phi) is 5.79. The zero-order valence-corrected chi connectivity index (χ0v) is 8.42. The summed E-state index contributed by atoms with van der Waals surface area (Å²) >= 11 is 0. The van der Waals surface area contributed by atoms with Crippen LogP contribution in [0.1, 0.15) is 6.92 Å². The van der Waals surface area contributed by atoms with E-state index in [2.05, 4.69) is 6.07 Å². The zero-order valence-electron chi connectivity index (χ0n) is 6.42. The molecule has 0 heterocycles. The molecule has 0 fully saturated rings. The molecule has 0 bridgehead atoms. The maximum absolute atomic E-state index is 5.19. The smallest absolute Gasteiger partial charge is 0.519 e. The maximum atomic E-state index is 5.19. The average Bonchev–Trinajstić information content (AvgIpc) is 1.91. The fraction of sp³-hybridized carbons (Fsp3) is 0.250. The Balaban J connectivity index is 0.000000810. The minimum atomic E-state index is 0. The van der Waals surface area contributed by atoms with Crippen molar-refractivity contribution in [1.82, 2.24) is 0 Å². The summed E-state index contributed by atoms with van der Waals surface area (Å²) < 4.78 is 5.19. The Bertz CT molecular complexity index is 162. The Hall–Kier alpha value is 0.0200. The van der Waals surface area contributed by atoms with E-state index < -0.39 is 0 Å². The first kappa shape index (κ1) is 10.0. The number of rotatable bonds is 2. The van der Waals surface area contributed by atoms with E-state index >= 15 is 0 Å². The van der Waals surface area contributed by atoms with Crippen molar-refractivity contribution in [2.75, 3.05) is 6.61 Å². The molecule has 1 rings (SSSR count). The van der Waals surface area contributed by atoms with Crippen molar-refractivity contribution in [1.29, 1.82) is 0 Å². The first-order valence-electron chi connectivity index (χ1n) is 3.02. The summed E-state index contributed by atoms with van der Waals surface area (Å²) in [6, 6.07) is 10.4. The van der Waals surface area contributed by atoms with Crippen LogP contribution < -0.4 is 34.3 Å². The average molecular weight is 144 g/mol. The summed E-state index contributed by atoms with van der Waals surface area (Å²) in [5, 5.41) is 0. The number of ether oxygens (including phenoxy) is 1. The van der Waals surface area contributed by atoms with Gasteiger partial charge in [0, 0.05) is 5.75 Å². The molecule has 0 aliphatic heterocycles. The molecule has 0 unspecified atom stereocenters. The van der Waals surface area contributed by atoms with Gasteiger partial charge < -0.3 is 4.74 Å². The van der Waals surface area contributed by atoms with Crippen molar-refractivity contribution in [3.8, 4) is 5.75 Å². The first-order chi connectivity index (χ1) is 4.43. The standard InChI is InChI=1S/C8H9O.Na/c1-2-9-8-6-4-3-5-7-8;/h4-7H,2H2,1H3;/q-1;+1. The van der Waals surface area contributed by atoms with E-state index in [1.807, 2.05) is 31.2 Å². The van der Waals surface area contributed by atoms with Gasteiger partial charge in [0.15, 0.2) is 0 Å². The molecule has 2 heteroatoms. The first-order valence-corrected chi connectivity index (χ1v) is 3.02. The van der Waals surface area contributed by atoms with Gasteiger partial charge in [0.2, 0.25) is 0 Å². The summed E-state index contributed by atoms with van der Waals surface area (Å²) in [4.78, 5) is 0. The minimum absolute atomic E-state index is 0. The van der Waals surface area contributed by atoms with Gasteiger partial charge in [0.1, 0.15) is 0 Å². The van der Waals surface area contributed by atoms with E-state index in [1.165, 1.54) is 0 Å². The quantitative estimate of drug-likeness (QED) is 0.378. The molecule has 0 spiro atoms. The van der Waals surface area contributed by atoms with Crippen molar-refractivity contribution in [2.45, 2.75) is 6.92 Å². The third kappa shape index (κ3) is 3.25. The molecule has 10 heavy (non-hydrogen) atoms. The summed E-state index contributed by atoms with van der Waals surface area (Å²) in [6.45, 7) is 2.70. The molecular weight excluding hydrogens is 135 g/mol.